The number of anilines is 4. The van der Waals surface area contributed by atoms with Crippen LogP contribution in [0.1, 0.15) is 29.9 Å². The fourth-order valence-corrected chi connectivity index (χ4v) is 5.44. The molecule has 42 heavy (non-hydrogen) atoms. The Labute approximate surface area is 241 Å². The molecule has 5 aromatic rings. The molecule has 0 atom stereocenters. The Hall–Kier alpha value is -4.87. The van der Waals surface area contributed by atoms with Crippen molar-refractivity contribution in [1.82, 2.24) is 24.7 Å². The molecule has 1 aliphatic carbocycles. The van der Waals surface area contributed by atoms with Crippen molar-refractivity contribution in [3.8, 4) is 17.1 Å². The van der Waals surface area contributed by atoms with Crippen LogP contribution in [-0.4, -0.2) is 56.1 Å². The van der Waals surface area contributed by atoms with Crippen molar-refractivity contribution in [3.63, 3.8) is 0 Å². The lowest BCUT2D eigenvalue weighted by molar-refractivity contribution is 0.122. The molecule has 1 aliphatic heterocycles. The molecular formula is C31H30N8O3. The second-order valence-electron chi connectivity index (χ2n) is 10.6. The number of fused-ring (bicyclic) bond motifs is 1. The topological polar surface area (TPSA) is 144 Å². The van der Waals surface area contributed by atoms with Crippen LogP contribution in [0.2, 0.25) is 0 Å². The van der Waals surface area contributed by atoms with Crippen LogP contribution < -0.4 is 21.5 Å². The van der Waals surface area contributed by atoms with E-state index < -0.39 is 0 Å². The third-order valence-corrected chi connectivity index (χ3v) is 7.79. The first kappa shape index (κ1) is 26.1. The second-order valence-corrected chi connectivity index (χ2v) is 10.6. The Balaban J connectivity index is 1.21. The summed E-state index contributed by atoms with van der Waals surface area (Å²) in [6, 6.07) is 19.2. The minimum atomic E-state index is -0.365. The van der Waals surface area contributed by atoms with E-state index in [0.29, 0.717) is 28.1 Å². The smallest absolute Gasteiger partial charge is 0.279 e. The third kappa shape index (κ3) is 5.04. The molecule has 11 heteroatoms. The fraction of sp³-hybridized carbons (Fsp3) is 0.258. The van der Waals surface area contributed by atoms with E-state index in [1.807, 2.05) is 42.5 Å². The summed E-state index contributed by atoms with van der Waals surface area (Å²) in [5.41, 5.74) is 10.4. The van der Waals surface area contributed by atoms with Gasteiger partial charge in [0.15, 0.2) is 5.82 Å². The zero-order valence-corrected chi connectivity index (χ0v) is 22.9. The van der Waals surface area contributed by atoms with Gasteiger partial charge < -0.3 is 25.8 Å². The first-order valence-corrected chi connectivity index (χ1v) is 14.0. The minimum absolute atomic E-state index is 0.0224. The highest BCUT2D eigenvalue weighted by Gasteiger charge is 2.24. The molecule has 2 fully saturated rings. The standard InChI is InChI=1S/C31H30N8O3/c32-30-35-28(36-31(37-30)34-22-7-9-23(10-8-22)38-12-14-42-15-13-38)25-2-1-3-27(26(25)18-40)39-29(41)24-11-6-20(19-4-5-19)16-21(24)17-33-39/h1-3,6-11,16-17,19,40H,4-5,12-15,18H2,(H3,32,34,35,36,37). The van der Waals surface area contributed by atoms with E-state index >= 15 is 0 Å². The number of aromatic nitrogens is 5. The van der Waals surface area contributed by atoms with Crippen molar-refractivity contribution in [1.29, 1.82) is 0 Å². The van der Waals surface area contributed by atoms with Crippen LogP contribution in [0.3, 0.4) is 0 Å². The molecule has 3 heterocycles. The van der Waals surface area contributed by atoms with Gasteiger partial charge in [-0.3, -0.25) is 4.79 Å². The van der Waals surface area contributed by atoms with Gasteiger partial charge >= 0.3 is 0 Å². The fourth-order valence-electron chi connectivity index (χ4n) is 5.44. The summed E-state index contributed by atoms with van der Waals surface area (Å²) in [5.74, 6) is 1.13. The highest BCUT2D eigenvalue weighted by molar-refractivity contribution is 5.82. The summed E-state index contributed by atoms with van der Waals surface area (Å²) in [4.78, 5) is 29.0. The first-order chi connectivity index (χ1) is 20.6. The number of aliphatic hydroxyl groups excluding tert-OH is 1. The second kappa shape index (κ2) is 10.8. The minimum Gasteiger partial charge on any atom is -0.392 e. The van der Waals surface area contributed by atoms with Gasteiger partial charge in [-0.25, -0.2) is 0 Å². The number of nitrogens with zero attached hydrogens (tertiary/aromatic N) is 6. The van der Waals surface area contributed by atoms with E-state index in [1.165, 1.54) is 23.1 Å². The Morgan fingerprint density at radius 1 is 1.00 bits per heavy atom. The molecule has 1 saturated heterocycles. The summed E-state index contributed by atoms with van der Waals surface area (Å²) in [7, 11) is 0. The molecule has 4 N–H and O–H groups in total. The molecule has 2 aliphatic rings. The van der Waals surface area contributed by atoms with Crippen LogP contribution in [0.5, 0.6) is 0 Å². The van der Waals surface area contributed by atoms with Gasteiger partial charge in [-0.15, -0.1) is 0 Å². The molecule has 3 aromatic carbocycles. The number of nitrogens with two attached hydrogens (primary N) is 1. The van der Waals surface area contributed by atoms with Crippen molar-refractivity contribution >= 4 is 34.0 Å². The molecule has 0 bridgehead atoms. The van der Waals surface area contributed by atoms with Crippen LogP contribution in [0.15, 0.2) is 71.7 Å². The van der Waals surface area contributed by atoms with Crippen LogP contribution in [-0.2, 0) is 11.3 Å². The molecule has 7 rings (SSSR count). The normalized spacial score (nSPS) is 15.2. The van der Waals surface area contributed by atoms with E-state index in [2.05, 4.69) is 30.3 Å². The van der Waals surface area contributed by atoms with E-state index in [0.717, 1.165) is 43.1 Å². The number of nitrogen functional groups attached to an aromatic ring is 1. The Kier molecular flexibility index (Phi) is 6.73. The predicted molar refractivity (Wildman–Crippen MR) is 161 cm³/mol. The maximum atomic E-state index is 13.5. The SMILES string of the molecule is Nc1nc(Nc2ccc(N3CCOCC3)cc2)nc(-c2cccc(-n3ncc4cc(C5CC5)ccc4c3=O)c2CO)n1. The van der Waals surface area contributed by atoms with Gasteiger partial charge in [0.2, 0.25) is 11.9 Å². The Morgan fingerprint density at radius 2 is 1.81 bits per heavy atom. The van der Waals surface area contributed by atoms with E-state index in [4.69, 9.17) is 10.5 Å². The number of aliphatic hydroxyl groups is 1. The maximum absolute atomic E-state index is 13.5. The van der Waals surface area contributed by atoms with Crippen LogP contribution in [0, 0.1) is 0 Å². The summed E-state index contributed by atoms with van der Waals surface area (Å²) >= 11 is 0. The van der Waals surface area contributed by atoms with Gasteiger partial charge in [-0.1, -0.05) is 18.2 Å². The Morgan fingerprint density at radius 3 is 2.57 bits per heavy atom. The number of benzene rings is 3. The predicted octanol–water partition coefficient (Wildman–Crippen LogP) is 3.77. The van der Waals surface area contributed by atoms with Gasteiger partial charge in [0.05, 0.1) is 37.1 Å². The summed E-state index contributed by atoms with van der Waals surface area (Å²) in [6.45, 7) is 2.78. The average molecular weight is 563 g/mol. The van der Waals surface area contributed by atoms with Gasteiger partial charge in [0, 0.05) is 41.0 Å². The monoisotopic (exact) mass is 562 g/mol. The highest BCUT2D eigenvalue weighted by atomic mass is 16.5. The lowest BCUT2D eigenvalue weighted by Gasteiger charge is -2.28. The van der Waals surface area contributed by atoms with Crippen molar-refractivity contribution in [2.75, 3.05) is 42.3 Å². The quantitative estimate of drug-likeness (QED) is 0.268. The number of ether oxygens (including phenoxy) is 1. The van der Waals surface area contributed by atoms with Gasteiger partial charge in [0.25, 0.3) is 5.56 Å². The van der Waals surface area contributed by atoms with E-state index in [1.54, 1.807) is 24.4 Å². The molecular weight excluding hydrogens is 532 g/mol. The summed E-state index contributed by atoms with van der Waals surface area (Å²) in [6.07, 6.45) is 4.06. The molecule has 0 spiro atoms. The largest absolute Gasteiger partial charge is 0.392 e. The van der Waals surface area contributed by atoms with Crippen LogP contribution in [0.4, 0.5) is 23.3 Å². The van der Waals surface area contributed by atoms with Crippen LogP contribution >= 0.6 is 0 Å². The molecule has 0 unspecified atom stereocenters. The molecule has 0 radical (unpaired) electrons. The number of hydrogen-bond acceptors (Lipinski definition) is 10. The van der Waals surface area contributed by atoms with Crippen LogP contribution in [0.25, 0.3) is 27.8 Å². The van der Waals surface area contributed by atoms with Crippen molar-refractivity contribution < 1.29 is 9.84 Å². The summed E-state index contributed by atoms with van der Waals surface area (Å²) in [5, 5.41) is 19.5. The molecule has 212 valence electrons. The Bertz CT molecular complexity index is 1830. The van der Waals surface area contributed by atoms with Gasteiger partial charge in [-0.2, -0.15) is 24.7 Å². The third-order valence-electron chi connectivity index (χ3n) is 7.79. The van der Waals surface area contributed by atoms with Crippen molar-refractivity contribution in [2.24, 2.45) is 0 Å². The molecule has 2 aromatic heterocycles. The summed E-state index contributed by atoms with van der Waals surface area (Å²) < 4.78 is 6.76. The van der Waals surface area contributed by atoms with Crippen molar-refractivity contribution in [2.45, 2.75) is 25.4 Å². The highest BCUT2D eigenvalue weighted by Crippen LogP contribution is 2.40. The number of morpholine rings is 1. The van der Waals surface area contributed by atoms with Crippen molar-refractivity contribution in [3.05, 3.63) is 88.3 Å². The average Bonchev–Trinajstić information content (AvgIpc) is 3.87. The van der Waals surface area contributed by atoms with E-state index in [-0.39, 0.29) is 29.9 Å². The number of rotatable bonds is 7. The van der Waals surface area contributed by atoms with E-state index in [9.17, 15) is 9.90 Å². The molecule has 1 saturated carbocycles. The maximum Gasteiger partial charge on any atom is 0.279 e. The van der Waals surface area contributed by atoms with Gasteiger partial charge in [-0.05, 0) is 66.8 Å². The number of hydrogen-bond donors (Lipinski definition) is 3. The first-order valence-electron chi connectivity index (χ1n) is 14.0. The lowest BCUT2D eigenvalue weighted by atomic mass is 10.0. The zero-order chi connectivity index (χ0) is 28.6. The molecule has 11 nitrogen and oxygen atoms in total. The zero-order valence-electron chi connectivity index (χ0n) is 22.9. The lowest BCUT2D eigenvalue weighted by Crippen LogP contribution is -2.36. The molecule has 0 amide bonds. The number of nitrogens with one attached hydrogen (secondary N) is 1. The van der Waals surface area contributed by atoms with Gasteiger partial charge in [0.1, 0.15) is 0 Å².